The van der Waals surface area contributed by atoms with Crippen molar-refractivity contribution < 1.29 is 4.79 Å². The molecule has 1 amide bonds. The molecular formula is C17H18Cl2N4O. The second-order valence-corrected chi connectivity index (χ2v) is 6.85. The van der Waals surface area contributed by atoms with Gasteiger partial charge in [-0.2, -0.15) is 0 Å². The van der Waals surface area contributed by atoms with Gasteiger partial charge in [-0.05, 0) is 37.0 Å². The lowest BCUT2D eigenvalue weighted by atomic mass is 9.99. The van der Waals surface area contributed by atoms with Crippen molar-refractivity contribution in [1.29, 1.82) is 0 Å². The van der Waals surface area contributed by atoms with Gasteiger partial charge in [-0.25, -0.2) is 9.97 Å². The molecule has 1 aromatic heterocycles. The number of nitrogens with one attached hydrogen (secondary N) is 1. The van der Waals surface area contributed by atoms with Crippen LogP contribution >= 0.6 is 23.2 Å². The average Bonchev–Trinajstić information content (AvgIpc) is 2.59. The number of anilines is 2. The number of rotatable bonds is 3. The molecule has 24 heavy (non-hydrogen) atoms. The molecule has 0 bridgehead atoms. The van der Waals surface area contributed by atoms with Gasteiger partial charge in [0.2, 0.25) is 0 Å². The third-order valence-corrected chi connectivity index (χ3v) is 4.72. The van der Waals surface area contributed by atoms with Gasteiger partial charge in [-0.15, -0.1) is 0 Å². The SMILES string of the molecule is CC1CCN(c2cnc(C(=O)Nc3cc(Cl)ccc3Cl)cn2)CC1. The van der Waals surface area contributed by atoms with Gasteiger partial charge in [0, 0.05) is 18.1 Å². The Hall–Kier alpha value is -1.85. The van der Waals surface area contributed by atoms with Crippen LogP contribution in [0.4, 0.5) is 11.5 Å². The van der Waals surface area contributed by atoms with Crippen molar-refractivity contribution in [2.45, 2.75) is 19.8 Å². The maximum absolute atomic E-state index is 12.3. The first-order valence-electron chi connectivity index (χ1n) is 7.86. The van der Waals surface area contributed by atoms with Crippen LogP contribution in [0.3, 0.4) is 0 Å². The largest absolute Gasteiger partial charge is 0.355 e. The molecule has 126 valence electrons. The first-order valence-corrected chi connectivity index (χ1v) is 8.62. The van der Waals surface area contributed by atoms with Crippen LogP contribution in [0.5, 0.6) is 0 Å². The Kier molecular flexibility index (Phi) is 5.21. The molecular weight excluding hydrogens is 347 g/mol. The molecule has 5 nitrogen and oxygen atoms in total. The third-order valence-electron chi connectivity index (χ3n) is 4.16. The number of amides is 1. The van der Waals surface area contributed by atoms with E-state index >= 15 is 0 Å². The predicted molar refractivity (Wildman–Crippen MR) is 97.1 cm³/mol. The van der Waals surface area contributed by atoms with Crippen molar-refractivity contribution in [3.8, 4) is 0 Å². The van der Waals surface area contributed by atoms with E-state index in [0.717, 1.165) is 37.7 Å². The zero-order valence-electron chi connectivity index (χ0n) is 13.3. The summed E-state index contributed by atoms with van der Waals surface area (Å²) in [6, 6.07) is 4.89. The summed E-state index contributed by atoms with van der Waals surface area (Å²) >= 11 is 12.0. The molecule has 0 radical (unpaired) electrons. The van der Waals surface area contributed by atoms with Gasteiger partial charge in [-0.3, -0.25) is 4.79 Å². The minimum atomic E-state index is -0.370. The van der Waals surface area contributed by atoms with Crippen molar-refractivity contribution in [2.24, 2.45) is 5.92 Å². The molecule has 0 saturated carbocycles. The molecule has 1 fully saturated rings. The highest BCUT2D eigenvalue weighted by molar-refractivity contribution is 6.35. The number of halogens is 2. The van der Waals surface area contributed by atoms with E-state index in [4.69, 9.17) is 23.2 Å². The van der Waals surface area contributed by atoms with E-state index in [2.05, 4.69) is 27.1 Å². The summed E-state index contributed by atoms with van der Waals surface area (Å²) in [6.45, 7) is 4.20. The van der Waals surface area contributed by atoms with Gasteiger partial charge in [-0.1, -0.05) is 30.1 Å². The molecule has 1 aromatic carbocycles. The Morgan fingerprint density at radius 1 is 1.21 bits per heavy atom. The van der Waals surface area contributed by atoms with Crippen LogP contribution in [-0.2, 0) is 0 Å². The summed E-state index contributed by atoms with van der Waals surface area (Å²) in [5.41, 5.74) is 0.685. The molecule has 1 N–H and O–H groups in total. The molecule has 2 heterocycles. The Morgan fingerprint density at radius 2 is 1.96 bits per heavy atom. The predicted octanol–water partition coefficient (Wildman–Crippen LogP) is 4.27. The Morgan fingerprint density at radius 3 is 2.62 bits per heavy atom. The molecule has 2 aromatic rings. The van der Waals surface area contributed by atoms with E-state index in [9.17, 15) is 4.79 Å². The quantitative estimate of drug-likeness (QED) is 0.883. The lowest BCUT2D eigenvalue weighted by Crippen LogP contribution is -2.33. The maximum atomic E-state index is 12.3. The first-order chi connectivity index (χ1) is 11.5. The van der Waals surface area contributed by atoms with Crippen LogP contribution in [-0.4, -0.2) is 29.0 Å². The Labute approximate surface area is 151 Å². The molecule has 1 aliphatic heterocycles. The Balaban J connectivity index is 1.68. The molecule has 7 heteroatoms. The van der Waals surface area contributed by atoms with Gasteiger partial charge < -0.3 is 10.2 Å². The van der Waals surface area contributed by atoms with Gasteiger partial charge in [0.25, 0.3) is 5.91 Å². The highest BCUT2D eigenvalue weighted by atomic mass is 35.5. The molecule has 0 atom stereocenters. The number of piperidine rings is 1. The number of carbonyl (C=O) groups is 1. The molecule has 1 aliphatic rings. The second-order valence-electron chi connectivity index (χ2n) is 6.01. The smallest absolute Gasteiger partial charge is 0.275 e. The fourth-order valence-electron chi connectivity index (χ4n) is 2.62. The Bertz CT molecular complexity index is 728. The molecule has 0 spiro atoms. The molecule has 3 rings (SSSR count). The molecule has 0 unspecified atom stereocenters. The van der Waals surface area contributed by atoms with Crippen LogP contribution in [0.15, 0.2) is 30.6 Å². The van der Waals surface area contributed by atoms with Crippen LogP contribution in [0, 0.1) is 5.92 Å². The number of carbonyl (C=O) groups excluding carboxylic acids is 1. The number of hydrogen-bond donors (Lipinski definition) is 1. The second kappa shape index (κ2) is 7.36. The number of aromatic nitrogens is 2. The topological polar surface area (TPSA) is 58.1 Å². The number of benzene rings is 1. The fraction of sp³-hybridized carbons (Fsp3) is 0.353. The van der Waals surface area contributed by atoms with Crippen LogP contribution in [0.2, 0.25) is 10.0 Å². The number of nitrogens with zero attached hydrogens (tertiary/aromatic N) is 3. The van der Waals surface area contributed by atoms with E-state index < -0.39 is 0 Å². The van der Waals surface area contributed by atoms with Crippen LogP contribution in [0.25, 0.3) is 0 Å². The monoisotopic (exact) mass is 364 g/mol. The standard InChI is InChI=1S/C17H18Cl2N4O/c1-11-4-6-23(7-5-11)16-10-20-15(9-21-16)17(24)22-14-8-12(18)2-3-13(14)19/h2-3,8-11H,4-7H2,1H3,(H,22,24). The van der Waals surface area contributed by atoms with Crippen LogP contribution in [0.1, 0.15) is 30.3 Å². The van der Waals surface area contributed by atoms with Crippen molar-refractivity contribution in [3.05, 3.63) is 46.3 Å². The van der Waals surface area contributed by atoms with Gasteiger partial charge in [0.15, 0.2) is 0 Å². The van der Waals surface area contributed by atoms with Crippen molar-refractivity contribution in [2.75, 3.05) is 23.3 Å². The summed E-state index contributed by atoms with van der Waals surface area (Å²) in [7, 11) is 0. The normalized spacial score (nSPS) is 15.4. The third kappa shape index (κ3) is 3.97. The summed E-state index contributed by atoms with van der Waals surface area (Å²) in [5, 5.41) is 3.61. The van der Waals surface area contributed by atoms with Crippen molar-refractivity contribution >= 4 is 40.6 Å². The van der Waals surface area contributed by atoms with Gasteiger partial charge in [0.1, 0.15) is 11.5 Å². The van der Waals surface area contributed by atoms with Crippen molar-refractivity contribution in [3.63, 3.8) is 0 Å². The maximum Gasteiger partial charge on any atom is 0.275 e. The number of hydrogen-bond acceptors (Lipinski definition) is 4. The lowest BCUT2D eigenvalue weighted by molar-refractivity contribution is 0.102. The van der Waals surface area contributed by atoms with E-state index in [-0.39, 0.29) is 11.6 Å². The fourth-order valence-corrected chi connectivity index (χ4v) is 2.96. The van der Waals surface area contributed by atoms with Crippen molar-refractivity contribution in [1.82, 2.24) is 9.97 Å². The van der Waals surface area contributed by atoms with E-state index in [1.165, 1.54) is 6.20 Å². The zero-order valence-corrected chi connectivity index (χ0v) is 14.8. The zero-order chi connectivity index (χ0) is 17.1. The molecule has 0 aliphatic carbocycles. The molecule has 1 saturated heterocycles. The summed E-state index contributed by atoms with van der Waals surface area (Å²) in [6.07, 6.45) is 5.43. The summed E-state index contributed by atoms with van der Waals surface area (Å²) in [4.78, 5) is 23.1. The summed E-state index contributed by atoms with van der Waals surface area (Å²) < 4.78 is 0. The summed E-state index contributed by atoms with van der Waals surface area (Å²) in [5.74, 6) is 1.19. The minimum Gasteiger partial charge on any atom is -0.355 e. The van der Waals surface area contributed by atoms with Crippen LogP contribution < -0.4 is 10.2 Å². The highest BCUT2D eigenvalue weighted by Gasteiger charge is 2.18. The minimum absolute atomic E-state index is 0.236. The van der Waals surface area contributed by atoms with E-state index in [0.29, 0.717) is 15.7 Å². The van der Waals surface area contributed by atoms with Gasteiger partial charge in [0.05, 0.1) is 23.1 Å². The van der Waals surface area contributed by atoms with E-state index in [1.54, 1.807) is 24.4 Å². The highest BCUT2D eigenvalue weighted by Crippen LogP contribution is 2.26. The first kappa shape index (κ1) is 17.0. The van der Waals surface area contributed by atoms with E-state index in [1.807, 2.05) is 0 Å². The average molecular weight is 365 g/mol. The lowest BCUT2D eigenvalue weighted by Gasteiger charge is -2.30. The van der Waals surface area contributed by atoms with Gasteiger partial charge >= 0.3 is 0 Å².